The quantitative estimate of drug-likeness (QED) is 0.541. The van der Waals surface area contributed by atoms with Crippen LogP contribution in [-0.4, -0.2) is 31.1 Å². The Morgan fingerprint density at radius 2 is 2.10 bits per heavy atom. The standard InChI is InChI=1S/C22H21NO5S/c1-25-19-12-16(13-20-22(19)28-10-9-27-20)6-7-21(24)23(14-17-4-2-8-26-17)15-18-5-3-11-29-18/h2-8,11-13H,9-10,14-15H2,1H3/b7-6+. The van der Waals surface area contributed by atoms with E-state index in [-0.39, 0.29) is 5.91 Å². The first-order valence-electron chi connectivity index (χ1n) is 9.22. The molecule has 0 unspecified atom stereocenters. The highest BCUT2D eigenvalue weighted by atomic mass is 32.1. The number of methoxy groups -OCH3 is 1. The number of carbonyl (C=O) groups is 1. The van der Waals surface area contributed by atoms with Gasteiger partial charge in [0.2, 0.25) is 11.7 Å². The van der Waals surface area contributed by atoms with Crippen LogP contribution in [0.3, 0.4) is 0 Å². The van der Waals surface area contributed by atoms with E-state index in [4.69, 9.17) is 18.6 Å². The van der Waals surface area contributed by atoms with E-state index in [1.54, 1.807) is 41.8 Å². The van der Waals surface area contributed by atoms with Gasteiger partial charge in [0.1, 0.15) is 19.0 Å². The van der Waals surface area contributed by atoms with Crippen molar-refractivity contribution in [1.82, 2.24) is 4.90 Å². The lowest BCUT2D eigenvalue weighted by molar-refractivity contribution is -0.127. The number of ether oxygens (including phenoxy) is 3. The van der Waals surface area contributed by atoms with Crippen molar-refractivity contribution in [2.75, 3.05) is 20.3 Å². The zero-order valence-corrected chi connectivity index (χ0v) is 16.8. The summed E-state index contributed by atoms with van der Waals surface area (Å²) in [5, 5.41) is 2.00. The summed E-state index contributed by atoms with van der Waals surface area (Å²) in [7, 11) is 1.58. The normalized spacial score (nSPS) is 12.9. The molecular formula is C22H21NO5S. The van der Waals surface area contributed by atoms with E-state index in [0.29, 0.717) is 43.6 Å². The smallest absolute Gasteiger partial charge is 0.247 e. The van der Waals surface area contributed by atoms with E-state index in [1.807, 2.05) is 41.8 Å². The maximum Gasteiger partial charge on any atom is 0.247 e. The minimum atomic E-state index is -0.108. The molecule has 0 fully saturated rings. The van der Waals surface area contributed by atoms with Gasteiger partial charge in [-0.2, -0.15) is 0 Å². The molecule has 0 aliphatic carbocycles. The lowest BCUT2D eigenvalue weighted by Gasteiger charge is -2.21. The molecule has 150 valence electrons. The third-order valence-corrected chi connectivity index (χ3v) is 5.30. The molecule has 4 rings (SSSR count). The molecule has 2 aromatic heterocycles. The Labute approximate surface area is 172 Å². The van der Waals surface area contributed by atoms with Gasteiger partial charge in [-0.15, -0.1) is 11.3 Å². The first-order valence-corrected chi connectivity index (χ1v) is 10.1. The number of hydrogen-bond donors (Lipinski definition) is 0. The summed E-state index contributed by atoms with van der Waals surface area (Å²) in [5.41, 5.74) is 0.800. The molecular weight excluding hydrogens is 390 g/mol. The molecule has 0 radical (unpaired) electrons. The van der Waals surface area contributed by atoms with Crippen molar-refractivity contribution in [2.24, 2.45) is 0 Å². The Hall–Kier alpha value is -3.19. The maximum atomic E-state index is 12.9. The second-order valence-corrected chi connectivity index (χ2v) is 7.47. The van der Waals surface area contributed by atoms with E-state index in [0.717, 1.165) is 16.2 Å². The summed E-state index contributed by atoms with van der Waals surface area (Å²) in [6.07, 6.45) is 4.93. The van der Waals surface area contributed by atoms with E-state index in [9.17, 15) is 4.79 Å². The molecule has 3 aromatic rings. The van der Waals surface area contributed by atoms with Crippen molar-refractivity contribution >= 4 is 23.3 Å². The molecule has 29 heavy (non-hydrogen) atoms. The number of furan rings is 1. The summed E-state index contributed by atoms with van der Waals surface area (Å²) < 4.78 is 22.1. The number of thiophene rings is 1. The lowest BCUT2D eigenvalue weighted by atomic mass is 10.1. The molecule has 0 atom stereocenters. The van der Waals surface area contributed by atoms with Crippen molar-refractivity contribution < 1.29 is 23.4 Å². The predicted octanol–water partition coefficient (Wildman–Crippen LogP) is 4.36. The summed E-state index contributed by atoms with van der Waals surface area (Å²) in [6.45, 7) is 1.89. The third-order valence-electron chi connectivity index (χ3n) is 4.43. The van der Waals surface area contributed by atoms with Gasteiger partial charge in [0.15, 0.2) is 11.5 Å². The van der Waals surface area contributed by atoms with Gasteiger partial charge in [-0.25, -0.2) is 0 Å². The highest BCUT2D eigenvalue weighted by molar-refractivity contribution is 7.09. The average molecular weight is 411 g/mol. The first-order chi connectivity index (χ1) is 14.2. The van der Waals surface area contributed by atoms with E-state index in [2.05, 4.69) is 0 Å². The van der Waals surface area contributed by atoms with Gasteiger partial charge in [-0.3, -0.25) is 4.79 Å². The van der Waals surface area contributed by atoms with Crippen LogP contribution in [0.4, 0.5) is 0 Å². The Balaban J connectivity index is 1.54. The predicted molar refractivity (Wildman–Crippen MR) is 110 cm³/mol. The number of carbonyl (C=O) groups excluding carboxylic acids is 1. The van der Waals surface area contributed by atoms with Gasteiger partial charge in [0, 0.05) is 11.0 Å². The molecule has 1 aromatic carbocycles. The van der Waals surface area contributed by atoms with Crippen molar-refractivity contribution in [1.29, 1.82) is 0 Å². The molecule has 0 N–H and O–H groups in total. The van der Waals surface area contributed by atoms with Gasteiger partial charge in [0.25, 0.3) is 0 Å². The van der Waals surface area contributed by atoms with Crippen molar-refractivity contribution in [2.45, 2.75) is 13.1 Å². The molecule has 0 bridgehead atoms. The van der Waals surface area contributed by atoms with Crippen LogP contribution < -0.4 is 14.2 Å². The fourth-order valence-corrected chi connectivity index (χ4v) is 3.78. The second-order valence-electron chi connectivity index (χ2n) is 6.43. The minimum Gasteiger partial charge on any atom is -0.493 e. The van der Waals surface area contributed by atoms with Crippen LogP contribution in [0.2, 0.25) is 0 Å². The molecule has 6 nitrogen and oxygen atoms in total. The van der Waals surface area contributed by atoms with Crippen LogP contribution >= 0.6 is 11.3 Å². The Bertz CT molecular complexity index is 926. The summed E-state index contributed by atoms with van der Waals surface area (Å²) in [6, 6.07) is 11.4. The number of nitrogens with zero attached hydrogens (tertiary/aromatic N) is 1. The molecule has 1 amide bonds. The van der Waals surface area contributed by atoms with E-state index >= 15 is 0 Å². The molecule has 0 saturated heterocycles. The van der Waals surface area contributed by atoms with Gasteiger partial charge in [0.05, 0.1) is 26.5 Å². The zero-order valence-electron chi connectivity index (χ0n) is 16.0. The molecule has 7 heteroatoms. The topological polar surface area (TPSA) is 61.1 Å². The average Bonchev–Trinajstić information content (AvgIpc) is 3.45. The largest absolute Gasteiger partial charge is 0.493 e. The molecule has 1 aliphatic heterocycles. The highest BCUT2D eigenvalue weighted by Gasteiger charge is 2.18. The van der Waals surface area contributed by atoms with Crippen LogP contribution in [0, 0.1) is 0 Å². The summed E-state index contributed by atoms with van der Waals surface area (Å²) in [5.74, 6) is 2.43. The van der Waals surface area contributed by atoms with Gasteiger partial charge < -0.3 is 23.5 Å². The fraction of sp³-hybridized carbons (Fsp3) is 0.227. The molecule has 3 heterocycles. The first kappa shape index (κ1) is 19.1. The van der Waals surface area contributed by atoms with Crippen LogP contribution in [0.15, 0.2) is 58.5 Å². The number of benzene rings is 1. The molecule has 1 aliphatic rings. The number of fused-ring (bicyclic) bond motifs is 1. The van der Waals surface area contributed by atoms with E-state index < -0.39 is 0 Å². The van der Waals surface area contributed by atoms with Gasteiger partial charge in [-0.05, 0) is 47.4 Å². The SMILES string of the molecule is COc1cc(/C=C/C(=O)N(Cc2ccco2)Cc2cccs2)cc2c1OCCO2. The second kappa shape index (κ2) is 8.87. The number of rotatable bonds is 7. The Kier molecular flexibility index (Phi) is 5.86. The Morgan fingerprint density at radius 1 is 1.21 bits per heavy atom. The maximum absolute atomic E-state index is 12.9. The van der Waals surface area contributed by atoms with Crippen molar-refractivity contribution in [3.05, 3.63) is 70.3 Å². The molecule has 0 saturated carbocycles. The third kappa shape index (κ3) is 4.63. The van der Waals surface area contributed by atoms with E-state index in [1.165, 1.54) is 0 Å². The van der Waals surface area contributed by atoms with Crippen LogP contribution in [0.25, 0.3) is 6.08 Å². The van der Waals surface area contributed by atoms with Crippen molar-refractivity contribution in [3.63, 3.8) is 0 Å². The summed E-state index contributed by atoms with van der Waals surface area (Å²) >= 11 is 1.62. The van der Waals surface area contributed by atoms with Gasteiger partial charge in [-0.1, -0.05) is 6.07 Å². The highest BCUT2D eigenvalue weighted by Crippen LogP contribution is 2.40. The minimum absolute atomic E-state index is 0.108. The number of amides is 1. The zero-order chi connectivity index (χ0) is 20.1. The summed E-state index contributed by atoms with van der Waals surface area (Å²) in [4.78, 5) is 15.8. The monoisotopic (exact) mass is 411 g/mol. The van der Waals surface area contributed by atoms with Crippen LogP contribution in [0.5, 0.6) is 17.2 Å². The van der Waals surface area contributed by atoms with Crippen LogP contribution in [0.1, 0.15) is 16.2 Å². The lowest BCUT2D eigenvalue weighted by Crippen LogP contribution is -2.28. The molecule has 0 spiro atoms. The fourth-order valence-electron chi connectivity index (χ4n) is 3.06. The Morgan fingerprint density at radius 3 is 2.86 bits per heavy atom. The van der Waals surface area contributed by atoms with Crippen LogP contribution in [-0.2, 0) is 17.9 Å². The van der Waals surface area contributed by atoms with Gasteiger partial charge >= 0.3 is 0 Å². The number of hydrogen-bond acceptors (Lipinski definition) is 6. The van der Waals surface area contributed by atoms with Crippen molar-refractivity contribution in [3.8, 4) is 17.2 Å².